The predicted octanol–water partition coefficient (Wildman–Crippen LogP) is 4.87. The smallest absolute Gasteiger partial charge is 0.335 e. The standard InChI is InChI=1S/C21H20N2O3S2/c1-3-14-7-8-15(21(24)25)12-20(14)27-23-19-13-16(28(2)26)9-10-17(19)18-6-4-5-11-22-18/h4-13,23H,3H2,1-2H3,(H,24,25). The van der Waals surface area contributed by atoms with Crippen molar-refractivity contribution in [2.75, 3.05) is 11.0 Å². The summed E-state index contributed by atoms with van der Waals surface area (Å²) in [4.78, 5) is 17.3. The van der Waals surface area contributed by atoms with Crippen molar-refractivity contribution in [1.29, 1.82) is 0 Å². The summed E-state index contributed by atoms with van der Waals surface area (Å²) in [6, 6.07) is 16.4. The fourth-order valence-corrected chi connectivity index (χ4v) is 4.18. The van der Waals surface area contributed by atoms with Crippen LogP contribution in [-0.4, -0.2) is 26.9 Å². The maximum absolute atomic E-state index is 11.9. The third-order valence-corrected chi connectivity index (χ3v) is 6.07. The van der Waals surface area contributed by atoms with Crippen LogP contribution >= 0.6 is 11.9 Å². The number of carbonyl (C=O) groups is 1. The summed E-state index contributed by atoms with van der Waals surface area (Å²) in [6.07, 6.45) is 4.15. The van der Waals surface area contributed by atoms with Gasteiger partial charge in [0.25, 0.3) is 0 Å². The quantitative estimate of drug-likeness (QED) is 0.426. The molecular formula is C21H20N2O3S2. The first-order valence-corrected chi connectivity index (χ1v) is 11.0. The number of pyridine rings is 1. The summed E-state index contributed by atoms with van der Waals surface area (Å²) in [5.41, 5.74) is 3.76. The fraction of sp³-hybridized carbons (Fsp3) is 0.143. The number of carboxylic acid groups (broad SMARTS) is 1. The molecule has 5 nitrogen and oxygen atoms in total. The molecule has 28 heavy (non-hydrogen) atoms. The van der Waals surface area contributed by atoms with Crippen molar-refractivity contribution >= 4 is 34.8 Å². The third-order valence-electron chi connectivity index (χ3n) is 4.23. The van der Waals surface area contributed by atoms with Gasteiger partial charge in [0.2, 0.25) is 0 Å². The molecule has 1 unspecified atom stereocenters. The van der Waals surface area contributed by atoms with Crippen molar-refractivity contribution in [3.05, 3.63) is 71.9 Å². The largest absolute Gasteiger partial charge is 0.612 e. The van der Waals surface area contributed by atoms with Gasteiger partial charge in [0.15, 0.2) is 4.90 Å². The molecule has 1 aromatic heterocycles. The molecule has 3 aromatic rings. The first-order chi connectivity index (χ1) is 13.5. The highest BCUT2D eigenvalue weighted by Gasteiger charge is 2.14. The minimum Gasteiger partial charge on any atom is -0.612 e. The number of hydrogen-bond donors (Lipinski definition) is 2. The highest BCUT2D eigenvalue weighted by molar-refractivity contribution is 8.00. The molecule has 2 N–H and O–H groups in total. The van der Waals surface area contributed by atoms with E-state index in [-0.39, 0.29) is 5.56 Å². The second-order valence-corrected chi connectivity index (χ2v) is 8.29. The van der Waals surface area contributed by atoms with Gasteiger partial charge in [0, 0.05) is 22.7 Å². The van der Waals surface area contributed by atoms with E-state index in [4.69, 9.17) is 0 Å². The molecule has 0 aliphatic rings. The SMILES string of the molecule is CCc1ccc(C(=O)O)cc1SNc1cc([S+](C)[O-])ccc1-c1ccccn1. The lowest BCUT2D eigenvalue weighted by Gasteiger charge is -2.15. The predicted molar refractivity (Wildman–Crippen MR) is 114 cm³/mol. The van der Waals surface area contributed by atoms with Crippen molar-refractivity contribution in [1.82, 2.24) is 4.98 Å². The lowest BCUT2D eigenvalue weighted by atomic mass is 10.1. The van der Waals surface area contributed by atoms with Gasteiger partial charge in [-0.1, -0.05) is 19.1 Å². The zero-order valence-corrected chi connectivity index (χ0v) is 17.1. The van der Waals surface area contributed by atoms with Gasteiger partial charge in [-0.25, -0.2) is 4.79 Å². The topological polar surface area (TPSA) is 85.3 Å². The summed E-state index contributed by atoms with van der Waals surface area (Å²) < 4.78 is 15.2. The summed E-state index contributed by atoms with van der Waals surface area (Å²) >= 11 is 0.230. The summed E-state index contributed by atoms with van der Waals surface area (Å²) in [5.74, 6) is -0.956. The molecule has 0 saturated carbocycles. The Morgan fingerprint density at radius 2 is 2.04 bits per heavy atom. The molecule has 0 bridgehead atoms. The van der Waals surface area contributed by atoms with Gasteiger partial charge in [-0.15, -0.1) is 0 Å². The van der Waals surface area contributed by atoms with E-state index in [1.807, 2.05) is 49.4 Å². The Balaban J connectivity index is 1.96. The first kappa shape index (κ1) is 20.3. The van der Waals surface area contributed by atoms with Crippen LogP contribution in [0.2, 0.25) is 0 Å². The molecule has 3 rings (SSSR count). The van der Waals surface area contributed by atoms with Crippen LogP contribution in [-0.2, 0) is 17.6 Å². The molecule has 0 aliphatic carbocycles. The number of nitrogens with zero attached hydrogens (tertiary/aromatic N) is 1. The summed E-state index contributed by atoms with van der Waals surface area (Å²) in [5, 5.41) is 9.28. The van der Waals surface area contributed by atoms with E-state index in [1.54, 1.807) is 24.6 Å². The highest BCUT2D eigenvalue weighted by atomic mass is 32.2. The summed E-state index contributed by atoms with van der Waals surface area (Å²) in [7, 11) is 0. The van der Waals surface area contributed by atoms with E-state index < -0.39 is 17.1 Å². The molecule has 0 aliphatic heterocycles. The molecule has 0 spiro atoms. The van der Waals surface area contributed by atoms with Gasteiger partial charge in [0.05, 0.1) is 16.9 Å². The van der Waals surface area contributed by atoms with Crippen LogP contribution in [0.4, 0.5) is 5.69 Å². The minimum atomic E-state index is -1.12. The van der Waals surface area contributed by atoms with Crippen LogP contribution in [0.15, 0.2) is 70.6 Å². The number of hydrogen-bond acceptors (Lipinski definition) is 5. The maximum Gasteiger partial charge on any atom is 0.335 e. The monoisotopic (exact) mass is 412 g/mol. The van der Waals surface area contributed by atoms with E-state index in [0.717, 1.165) is 33.8 Å². The molecule has 0 amide bonds. The lowest BCUT2D eigenvalue weighted by molar-refractivity contribution is 0.0696. The summed E-state index contributed by atoms with van der Waals surface area (Å²) in [6.45, 7) is 2.03. The highest BCUT2D eigenvalue weighted by Crippen LogP contribution is 2.34. The van der Waals surface area contributed by atoms with Gasteiger partial charge in [-0.3, -0.25) is 4.98 Å². The van der Waals surface area contributed by atoms with E-state index >= 15 is 0 Å². The van der Waals surface area contributed by atoms with Crippen LogP contribution in [0.25, 0.3) is 11.3 Å². The fourth-order valence-electron chi connectivity index (χ4n) is 2.72. The van der Waals surface area contributed by atoms with Crippen molar-refractivity contribution < 1.29 is 14.5 Å². The normalized spacial score (nSPS) is 11.8. The van der Waals surface area contributed by atoms with Crippen molar-refractivity contribution in [2.45, 2.75) is 23.1 Å². The zero-order valence-electron chi connectivity index (χ0n) is 15.5. The van der Waals surface area contributed by atoms with Crippen LogP contribution < -0.4 is 4.72 Å². The first-order valence-electron chi connectivity index (χ1n) is 8.67. The number of nitrogens with one attached hydrogen (secondary N) is 1. The molecule has 0 fully saturated rings. The molecule has 7 heteroatoms. The Morgan fingerprint density at radius 3 is 2.68 bits per heavy atom. The Hall–Kier alpha value is -2.48. The lowest BCUT2D eigenvalue weighted by Crippen LogP contribution is -2.01. The van der Waals surface area contributed by atoms with Crippen LogP contribution in [0, 0.1) is 0 Å². The molecule has 144 valence electrons. The number of carboxylic acids is 1. The molecule has 1 atom stereocenters. The molecular weight excluding hydrogens is 392 g/mol. The Kier molecular flexibility index (Phi) is 6.61. The number of rotatable bonds is 7. The number of anilines is 1. The maximum atomic E-state index is 11.9. The minimum absolute atomic E-state index is 0.245. The number of aryl methyl sites for hydroxylation is 1. The van der Waals surface area contributed by atoms with Gasteiger partial charge >= 0.3 is 5.97 Å². The van der Waals surface area contributed by atoms with E-state index in [1.165, 1.54) is 11.9 Å². The number of benzene rings is 2. The van der Waals surface area contributed by atoms with Crippen LogP contribution in [0.3, 0.4) is 0 Å². The Bertz CT molecular complexity index is 979. The Morgan fingerprint density at radius 1 is 1.21 bits per heavy atom. The van der Waals surface area contributed by atoms with E-state index in [0.29, 0.717) is 4.90 Å². The second kappa shape index (κ2) is 9.14. The number of aromatic carboxylic acids is 1. The van der Waals surface area contributed by atoms with Gasteiger partial charge in [-0.05, 0) is 71.5 Å². The van der Waals surface area contributed by atoms with Crippen LogP contribution in [0.1, 0.15) is 22.8 Å². The Labute approximate surface area is 171 Å². The molecule has 2 aromatic carbocycles. The van der Waals surface area contributed by atoms with Crippen molar-refractivity contribution in [3.8, 4) is 11.3 Å². The van der Waals surface area contributed by atoms with Crippen molar-refractivity contribution in [3.63, 3.8) is 0 Å². The van der Waals surface area contributed by atoms with E-state index in [2.05, 4.69) is 9.71 Å². The average Bonchev–Trinajstić information content (AvgIpc) is 2.72. The second-order valence-electron chi connectivity index (χ2n) is 6.06. The molecule has 1 heterocycles. The van der Waals surface area contributed by atoms with E-state index in [9.17, 15) is 14.5 Å². The number of aromatic nitrogens is 1. The molecule has 0 saturated heterocycles. The van der Waals surface area contributed by atoms with Gasteiger partial charge in [0.1, 0.15) is 6.26 Å². The molecule has 0 radical (unpaired) electrons. The van der Waals surface area contributed by atoms with Gasteiger partial charge in [-0.2, -0.15) is 0 Å². The van der Waals surface area contributed by atoms with Crippen LogP contribution in [0.5, 0.6) is 0 Å². The average molecular weight is 413 g/mol. The van der Waals surface area contributed by atoms with Crippen molar-refractivity contribution in [2.24, 2.45) is 0 Å². The third kappa shape index (κ3) is 4.67. The van der Waals surface area contributed by atoms with Gasteiger partial charge < -0.3 is 14.4 Å². The zero-order chi connectivity index (χ0) is 20.1.